The van der Waals surface area contributed by atoms with Gasteiger partial charge in [0.15, 0.2) is 0 Å². The highest BCUT2D eigenvalue weighted by Gasteiger charge is 2.08. The molecule has 0 saturated carbocycles. The van der Waals surface area contributed by atoms with E-state index in [1.165, 1.54) is 0 Å². The highest BCUT2D eigenvalue weighted by atomic mass is 16.3. The van der Waals surface area contributed by atoms with Crippen molar-refractivity contribution in [3.8, 4) is 0 Å². The first-order valence-corrected chi connectivity index (χ1v) is 7.21. The maximum absolute atomic E-state index is 11.4. The molecule has 1 heterocycles. The number of hydrogen-bond acceptors (Lipinski definition) is 3. The lowest BCUT2D eigenvalue weighted by atomic mass is 10.1. The average Bonchev–Trinajstić information content (AvgIpc) is 2.94. The fourth-order valence-corrected chi connectivity index (χ4v) is 2.09. The molecule has 0 aliphatic heterocycles. The van der Waals surface area contributed by atoms with E-state index >= 15 is 0 Å². The molecule has 0 aliphatic carbocycles. The molecule has 0 saturated heterocycles. The van der Waals surface area contributed by atoms with Gasteiger partial charge in [0.2, 0.25) is 5.91 Å². The first-order valence-electron chi connectivity index (χ1n) is 7.21. The average molecular weight is 286 g/mol. The van der Waals surface area contributed by atoms with Crippen molar-refractivity contribution in [2.75, 3.05) is 12.4 Å². The molecule has 0 atom stereocenters. The number of carbonyl (C=O) groups is 1. The van der Waals surface area contributed by atoms with Gasteiger partial charge < -0.3 is 14.6 Å². The Bertz CT molecular complexity index is 604. The summed E-state index contributed by atoms with van der Waals surface area (Å²) in [6, 6.07) is 12.0. The lowest BCUT2D eigenvalue weighted by Gasteiger charge is -2.18. The van der Waals surface area contributed by atoms with Gasteiger partial charge in [0.25, 0.3) is 0 Å². The number of hydrogen-bond donors (Lipinski definition) is 1. The van der Waals surface area contributed by atoms with Gasteiger partial charge in [-0.1, -0.05) is 25.1 Å². The topological polar surface area (TPSA) is 45.5 Å². The van der Waals surface area contributed by atoms with Crippen LogP contribution in [-0.2, 0) is 24.3 Å². The second-order valence-corrected chi connectivity index (χ2v) is 5.11. The van der Waals surface area contributed by atoms with Gasteiger partial charge in [0.1, 0.15) is 11.5 Å². The minimum Gasteiger partial charge on any atom is -0.464 e. The molecule has 2 aromatic rings. The van der Waals surface area contributed by atoms with Crippen LogP contribution < -0.4 is 5.32 Å². The number of benzene rings is 1. The number of carbonyl (C=O) groups excluding carboxylic acids is 1. The van der Waals surface area contributed by atoms with Crippen LogP contribution in [0.1, 0.15) is 30.9 Å². The van der Waals surface area contributed by atoms with Gasteiger partial charge in [-0.15, -0.1) is 0 Å². The van der Waals surface area contributed by atoms with Gasteiger partial charge in [-0.2, -0.15) is 0 Å². The monoisotopic (exact) mass is 286 g/mol. The Hall–Kier alpha value is -2.23. The largest absolute Gasteiger partial charge is 0.464 e. The second kappa shape index (κ2) is 6.97. The quantitative estimate of drug-likeness (QED) is 0.885. The number of aryl methyl sites for hydroxylation is 1. The number of rotatable bonds is 6. The normalized spacial score (nSPS) is 10.4. The van der Waals surface area contributed by atoms with E-state index in [0.29, 0.717) is 13.1 Å². The Morgan fingerprint density at radius 2 is 1.90 bits per heavy atom. The van der Waals surface area contributed by atoms with Gasteiger partial charge in [0, 0.05) is 32.6 Å². The van der Waals surface area contributed by atoms with Crippen molar-refractivity contribution in [3.05, 3.63) is 53.5 Å². The van der Waals surface area contributed by atoms with Crippen LogP contribution in [0, 0.1) is 0 Å². The predicted octanol–water partition coefficient (Wildman–Crippen LogP) is 3.43. The molecule has 4 heteroatoms. The summed E-state index contributed by atoms with van der Waals surface area (Å²) >= 11 is 0. The van der Waals surface area contributed by atoms with Crippen molar-refractivity contribution in [1.29, 1.82) is 0 Å². The number of nitrogens with one attached hydrogen (secondary N) is 1. The second-order valence-electron chi connectivity index (χ2n) is 5.11. The van der Waals surface area contributed by atoms with E-state index in [1.54, 1.807) is 18.9 Å². The number of furan rings is 1. The van der Waals surface area contributed by atoms with Gasteiger partial charge in [0.05, 0.1) is 6.54 Å². The van der Waals surface area contributed by atoms with E-state index in [2.05, 4.69) is 12.2 Å². The Balaban J connectivity index is 2.04. The molecular weight excluding hydrogens is 264 g/mol. The molecule has 0 fully saturated rings. The third-order valence-electron chi connectivity index (χ3n) is 3.48. The molecule has 1 N–H and O–H groups in total. The van der Waals surface area contributed by atoms with E-state index in [9.17, 15) is 4.79 Å². The Kier molecular flexibility index (Phi) is 5.04. The summed E-state index contributed by atoms with van der Waals surface area (Å²) in [5.41, 5.74) is 2.12. The summed E-state index contributed by atoms with van der Waals surface area (Å²) in [6.07, 6.45) is 0.903. The lowest BCUT2D eigenvalue weighted by Crippen LogP contribution is -2.23. The van der Waals surface area contributed by atoms with Crippen LogP contribution in [0.25, 0.3) is 0 Å². The smallest absolute Gasteiger partial charge is 0.219 e. The van der Waals surface area contributed by atoms with Gasteiger partial charge >= 0.3 is 0 Å². The van der Waals surface area contributed by atoms with E-state index in [4.69, 9.17) is 4.42 Å². The summed E-state index contributed by atoms with van der Waals surface area (Å²) in [5, 5.41) is 3.38. The van der Waals surface area contributed by atoms with E-state index in [-0.39, 0.29) is 5.91 Å². The van der Waals surface area contributed by atoms with Crippen molar-refractivity contribution >= 4 is 11.6 Å². The van der Waals surface area contributed by atoms with Crippen LogP contribution >= 0.6 is 0 Å². The molecule has 0 aliphatic rings. The zero-order valence-corrected chi connectivity index (χ0v) is 12.8. The molecule has 0 bridgehead atoms. The maximum atomic E-state index is 11.4. The van der Waals surface area contributed by atoms with Gasteiger partial charge in [-0.3, -0.25) is 4.79 Å². The minimum atomic E-state index is 0.0587. The zero-order valence-electron chi connectivity index (χ0n) is 12.8. The van der Waals surface area contributed by atoms with Crippen LogP contribution in [0.15, 0.2) is 40.8 Å². The molecule has 112 valence electrons. The predicted molar refractivity (Wildman–Crippen MR) is 84.0 cm³/mol. The highest BCUT2D eigenvalue weighted by molar-refractivity contribution is 5.73. The SMILES string of the molecule is CCc1ccc(CNc2ccccc2CN(C)C(C)=O)o1. The fraction of sp³-hybridized carbons (Fsp3) is 0.353. The molecule has 2 rings (SSSR count). The molecule has 1 aromatic carbocycles. The Morgan fingerprint density at radius 3 is 2.57 bits per heavy atom. The fourth-order valence-electron chi connectivity index (χ4n) is 2.09. The van der Waals surface area contributed by atoms with Crippen LogP contribution in [0.4, 0.5) is 5.69 Å². The van der Waals surface area contributed by atoms with E-state index < -0.39 is 0 Å². The summed E-state index contributed by atoms with van der Waals surface area (Å²) in [5.74, 6) is 1.97. The van der Waals surface area contributed by atoms with Crippen LogP contribution in [0.5, 0.6) is 0 Å². The van der Waals surface area contributed by atoms with Crippen LogP contribution in [0.2, 0.25) is 0 Å². The van der Waals surface area contributed by atoms with Crippen molar-refractivity contribution in [3.63, 3.8) is 0 Å². The van der Waals surface area contributed by atoms with Crippen molar-refractivity contribution in [2.24, 2.45) is 0 Å². The summed E-state index contributed by atoms with van der Waals surface area (Å²) in [4.78, 5) is 13.1. The molecule has 1 amide bonds. The number of nitrogens with zero attached hydrogens (tertiary/aromatic N) is 1. The van der Waals surface area contributed by atoms with E-state index in [1.807, 2.05) is 36.4 Å². The molecule has 0 unspecified atom stereocenters. The van der Waals surface area contributed by atoms with Gasteiger partial charge in [-0.05, 0) is 23.8 Å². The Labute approximate surface area is 125 Å². The van der Waals surface area contributed by atoms with Gasteiger partial charge in [-0.25, -0.2) is 0 Å². The first-order chi connectivity index (χ1) is 10.1. The molecule has 1 aromatic heterocycles. The summed E-state index contributed by atoms with van der Waals surface area (Å²) < 4.78 is 5.69. The third kappa shape index (κ3) is 4.12. The molecule has 0 spiro atoms. The molecule has 0 radical (unpaired) electrons. The Morgan fingerprint density at radius 1 is 1.19 bits per heavy atom. The van der Waals surface area contributed by atoms with E-state index in [0.717, 1.165) is 29.2 Å². The molecule has 21 heavy (non-hydrogen) atoms. The van der Waals surface area contributed by atoms with Crippen molar-refractivity contribution in [1.82, 2.24) is 4.90 Å². The summed E-state index contributed by atoms with van der Waals surface area (Å²) in [7, 11) is 1.80. The lowest BCUT2D eigenvalue weighted by molar-refractivity contribution is -0.128. The van der Waals surface area contributed by atoms with Crippen molar-refractivity contribution in [2.45, 2.75) is 33.4 Å². The number of anilines is 1. The van der Waals surface area contributed by atoms with Crippen LogP contribution in [-0.4, -0.2) is 17.9 Å². The number of amides is 1. The molecule has 4 nitrogen and oxygen atoms in total. The standard InChI is InChI=1S/C17H22N2O2/c1-4-15-9-10-16(21-15)11-18-17-8-6-5-7-14(17)12-19(3)13(2)20/h5-10,18H,4,11-12H2,1-3H3. The zero-order chi connectivity index (χ0) is 15.2. The first kappa shape index (κ1) is 15.2. The third-order valence-corrected chi connectivity index (χ3v) is 3.48. The summed E-state index contributed by atoms with van der Waals surface area (Å²) in [6.45, 7) is 4.88. The minimum absolute atomic E-state index is 0.0587. The van der Waals surface area contributed by atoms with Crippen LogP contribution in [0.3, 0.4) is 0 Å². The van der Waals surface area contributed by atoms with Crippen molar-refractivity contribution < 1.29 is 9.21 Å². The molecular formula is C17H22N2O2. The number of para-hydroxylation sites is 1. The highest BCUT2D eigenvalue weighted by Crippen LogP contribution is 2.18. The maximum Gasteiger partial charge on any atom is 0.219 e.